The first-order chi connectivity index (χ1) is 12.6. The summed E-state index contributed by atoms with van der Waals surface area (Å²) in [6.45, 7) is 8.08. The van der Waals surface area contributed by atoms with Gasteiger partial charge in [-0.15, -0.1) is 0 Å². The largest absolute Gasteiger partial charge is 0.484 e. The second kappa shape index (κ2) is 8.87. The number of hydrogen-bond donors (Lipinski definition) is 0. The molecule has 144 valence electrons. The molecule has 2 fully saturated rings. The highest BCUT2D eigenvalue weighted by atomic mass is 16.5. The van der Waals surface area contributed by atoms with Crippen LogP contribution in [0.5, 0.6) is 5.75 Å². The third-order valence-corrected chi connectivity index (χ3v) is 5.76. The number of amides is 1. The highest BCUT2D eigenvalue weighted by Crippen LogP contribution is 2.42. The van der Waals surface area contributed by atoms with E-state index in [1.54, 1.807) is 0 Å². The maximum Gasteiger partial charge on any atom is 0.260 e. The van der Waals surface area contributed by atoms with Crippen LogP contribution in [-0.2, 0) is 14.3 Å². The zero-order valence-electron chi connectivity index (χ0n) is 16.0. The molecule has 2 saturated heterocycles. The zero-order valence-corrected chi connectivity index (χ0v) is 16.0. The number of carbonyl (C=O) groups excluding carboxylic acids is 1. The summed E-state index contributed by atoms with van der Waals surface area (Å²) in [5.41, 5.74) is 1.13. The van der Waals surface area contributed by atoms with Gasteiger partial charge in [0, 0.05) is 32.9 Å². The van der Waals surface area contributed by atoms with E-state index in [2.05, 4.69) is 0 Å². The Kier molecular flexibility index (Phi) is 6.54. The van der Waals surface area contributed by atoms with Crippen molar-refractivity contribution in [3.63, 3.8) is 0 Å². The molecular formula is C21H31NO4. The second-order valence-electron chi connectivity index (χ2n) is 7.37. The number of carbonyl (C=O) groups is 1. The van der Waals surface area contributed by atoms with Gasteiger partial charge in [-0.05, 0) is 57.6 Å². The highest BCUT2D eigenvalue weighted by Gasteiger charge is 2.46. The first-order valence-corrected chi connectivity index (χ1v) is 9.82. The lowest BCUT2D eigenvalue weighted by Gasteiger charge is -2.42. The van der Waals surface area contributed by atoms with Crippen LogP contribution in [0.15, 0.2) is 24.3 Å². The molecule has 26 heavy (non-hydrogen) atoms. The van der Waals surface area contributed by atoms with Crippen molar-refractivity contribution in [3.8, 4) is 5.75 Å². The molecule has 0 bridgehead atoms. The molecule has 5 nitrogen and oxygen atoms in total. The molecule has 0 aliphatic carbocycles. The standard InChI is InChI=1S/C21H31NO4/c1-3-24-14-8-18-9-15-26-21(18)10-12-22(13-11-21)20(23)16-25-19-6-4-17(2)5-7-19/h4-7,18H,3,8-16H2,1-2H3. The lowest BCUT2D eigenvalue weighted by atomic mass is 9.78. The van der Waals surface area contributed by atoms with E-state index < -0.39 is 0 Å². The Balaban J connectivity index is 1.46. The maximum absolute atomic E-state index is 12.5. The molecule has 1 unspecified atom stereocenters. The number of aryl methyl sites for hydroxylation is 1. The average Bonchev–Trinajstić information content (AvgIpc) is 3.04. The zero-order chi connectivity index (χ0) is 18.4. The van der Waals surface area contributed by atoms with Crippen molar-refractivity contribution >= 4 is 5.91 Å². The minimum atomic E-state index is -0.0499. The van der Waals surface area contributed by atoms with E-state index in [4.69, 9.17) is 14.2 Å². The van der Waals surface area contributed by atoms with Crippen LogP contribution in [0.1, 0.15) is 38.2 Å². The number of hydrogen-bond acceptors (Lipinski definition) is 4. The van der Waals surface area contributed by atoms with Crippen LogP contribution in [0.2, 0.25) is 0 Å². The molecule has 2 aliphatic rings. The van der Waals surface area contributed by atoms with Crippen molar-refractivity contribution in [2.75, 3.05) is 39.5 Å². The molecule has 2 aliphatic heterocycles. The van der Waals surface area contributed by atoms with Gasteiger partial charge in [-0.2, -0.15) is 0 Å². The van der Waals surface area contributed by atoms with Crippen molar-refractivity contribution in [1.82, 2.24) is 4.90 Å². The van der Waals surface area contributed by atoms with E-state index >= 15 is 0 Å². The van der Waals surface area contributed by atoms with E-state index in [1.165, 1.54) is 5.56 Å². The van der Waals surface area contributed by atoms with Gasteiger partial charge < -0.3 is 19.1 Å². The van der Waals surface area contributed by atoms with Gasteiger partial charge in [-0.3, -0.25) is 4.79 Å². The minimum absolute atomic E-state index is 0.0499. The summed E-state index contributed by atoms with van der Waals surface area (Å²) in [4.78, 5) is 14.4. The van der Waals surface area contributed by atoms with Gasteiger partial charge in [0.15, 0.2) is 6.61 Å². The van der Waals surface area contributed by atoms with E-state index in [0.717, 1.165) is 64.3 Å². The third kappa shape index (κ3) is 4.57. The molecule has 1 amide bonds. The molecule has 3 rings (SSSR count). The Morgan fingerprint density at radius 3 is 2.69 bits per heavy atom. The van der Waals surface area contributed by atoms with Crippen molar-refractivity contribution in [2.45, 2.75) is 45.1 Å². The topological polar surface area (TPSA) is 48.0 Å². The van der Waals surface area contributed by atoms with E-state index in [0.29, 0.717) is 5.92 Å². The Morgan fingerprint density at radius 2 is 2.00 bits per heavy atom. The van der Waals surface area contributed by atoms with Crippen LogP contribution in [0, 0.1) is 12.8 Å². The number of piperidine rings is 1. The van der Waals surface area contributed by atoms with Crippen LogP contribution in [-0.4, -0.2) is 55.9 Å². The van der Waals surface area contributed by atoms with E-state index in [-0.39, 0.29) is 18.1 Å². The summed E-state index contributed by atoms with van der Waals surface area (Å²) in [6.07, 6.45) is 4.00. The summed E-state index contributed by atoms with van der Waals surface area (Å²) in [7, 11) is 0. The molecule has 0 N–H and O–H groups in total. The summed E-state index contributed by atoms with van der Waals surface area (Å²) in [6, 6.07) is 7.79. The molecule has 1 aromatic carbocycles. The molecule has 5 heteroatoms. The fraction of sp³-hybridized carbons (Fsp3) is 0.667. The van der Waals surface area contributed by atoms with Crippen LogP contribution in [0.4, 0.5) is 0 Å². The quantitative estimate of drug-likeness (QED) is 0.700. The summed E-state index contributed by atoms with van der Waals surface area (Å²) >= 11 is 0. The van der Waals surface area contributed by atoms with Crippen LogP contribution in [0.25, 0.3) is 0 Å². The van der Waals surface area contributed by atoms with Crippen molar-refractivity contribution in [2.24, 2.45) is 5.92 Å². The monoisotopic (exact) mass is 361 g/mol. The Hall–Kier alpha value is -1.59. The van der Waals surface area contributed by atoms with Gasteiger partial charge in [0.2, 0.25) is 0 Å². The van der Waals surface area contributed by atoms with Crippen molar-refractivity contribution in [3.05, 3.63) is 29.8 Å². The van der Waals surface area contributed by atoms with Crippen LogP contribution in [0.3, 0.4) is 0 Å². The number of ether oxygens (including phenoxy) is 3. The second-order valence-corrected chi connectivity index (χ2v) is 7.37. The lowest BCUT2D eigenvalue weighted by molar-refractivity contribution is -0.139. The Morgan fingerprint density at radius 1 is 1.27 bits per heavy atom. The fourth-order valence-corrected chi connectivity index (χ4v) is 4.12. The number of nitrogens with zero attached hydrogens (tertiary/aromatic N) is 1. The van der Waals surface area contributed by atoms with Gasteiger partial charge in [0.25, 0.3) is 5.91 Å². The summed E-state index contributed by atoms with van der Waals surface area (Å²) < 4.78 is 17.3. The van der Waals surface area contributed by atoms with E-state index in [1.807, 2.05) is 43.0 Å². The predicted octanol–water partition coefficient (Wildman–Crippen LogP) is 3.20. The lowest BCUT2D eigenvalue weighted by Crippen LogP contribution is -2.50. The SMILES string of the molecule is CCOCCC1CCOC12CCN(C(=O)COc1ccc(C)cc1)CC2. The van der Waals surface area contributed by atoms with Crippen molar-refractivity contribution < 1.29 is 19.0 Å². The molecule has 2 heterocycles. The molecule has 1 atom stereocenters. The summed E-state index contributed by atoms with van der Waals surface area (Å²) in [5, 5.41) is 0. The number of likely N-dealkylation sites (tertiary alicyclic amines) is 1. The molecule has 0 radical (unpaired) electrons. The fourth-order valence-electron chi connectivity index (χ4n) is 4.12. The minimum Gasteiger partial charge on any atom is -0.484 e. The number of rotatable bonds is 7. The maximum atomic E-state index is 12.5. The van der Waals surface area contributed by atoms with Crippen molar-refractivity contribution in [1.29, 1.82) is 0 Å². The Labute approximate surface area is 156 Å². The molecule has 0 saturated carbocycles. The summed E-state index contributed by atoms with van der Waals surface area (Å²) in [5.74, 6) is 1.35. The van der Waals surface area contributed by atoms with Crippen LogP contribution < -0.4 is 4.74 Å². The predicted molar refractivity (Wildman–Crippen MR) is 100 cm³/mol. The Bertz CT molecular complexity index is 578. The van der Waals surface area contributed by atoms with Crippen LogP contribution >= 0.6 is 0 Å². The smallest absolute Gasteiger partial charge is 0.260 e. The molecule has 1 spiro atoms. The molecule has 1 aromatic rings. The van der Waals surface area contributed by atoms with Gasteiger partial charge in [0.05, 0.1) is 5.60 Å². The molecule has 0 aromatic heterocycles. The first-order valence-electron chi connectivity index (χ1n) is 9.82. The van der Waals surface area contributed by atoms with Gasteiger partial charge in [-0.25, -0.2) is 0 Å². The van der Waals surface area contributed by atoms with Gasteiger partial charge >= 0.3 is 0 Å². The highest BCUT2D eigenvalue weighted by molar-refractivity contribution is 5.77. The third-order valence-electron chi connectivity index (χ3n) is 5.76. The van der Waals surface area contributed by atoms with Gasteiger partial charge in [-0.1, -0.05) is 17.7 Å². The molecular weight excluding hydrogens is 330 g/mol. The average molecular weight is 361 g/mol. The normalized spacial score (nSPS) is 21.9. The van der Waals surface area contributed by atoms with Gasteiger partial charge in [0.1, 0.15) is 5.75 Å². The van der Waals surface area contributed by atoms with E-state index in [9.17, 15) is 4.79 Å². The number of benzene rings is 1. The first kappa shape index (κ1) is 19.2.